The van der Waals surface area contributed by atoms with Gasteiger partial charge in [0.1, 0.15) is 0 Å². The van der Waals surface area contributed by atoms with Crippen molar-refractivity contribution in [2.24, 2.45) is 0 Å². The predicted molar refractivity (Wildman–Crippen MR) is 59.6 cm³/mol. The van der Waals surface area contributed by atoms with Gasteiger partial charge in [-0.05, 0) is 6.07 Å². The SMILES string of the molecule is O=[N+]([O-])c1cccc(NCCc2ncno2)c1. The van der Waals surface area contributed by atoms with Crippen molar-refractivity contribution in [2.75, 3.05) is 11.9 Å². The summed E-state index contributed by atoms with van der Waals surface area (Å²) < 4.78 is 4.82. The number of benzene rings is 1. The number of anilines is 1. The Morgan fingerprint density at radius 1 is 1.47 bits per heavy atom. The van der Waals surface area contributed by atoms with E-state index in [9.17, 15) is 10.1 Å². The Morgan fingerprint density at radius 3 is 3.06 bits per heavy atom. The highest BCUT2D eigenvalue weighted by Gasteiger charge is 2.05. The zero-order valence-corrected chi connectivity index (χ0v) is 8.87. The molecule has 0 bridgehead atoms. The molecule has 0 unspecified atom stereocenters. The maximum atomic E-state index is 10.6. The minimum atomic E-state index is -0.427. The first kappa shape index (κ1) is 11.1. The molecule has 1 heterocycles. The maximum Gasteiger partial charge on any atom is 0.271 e. The van der Waals surface area contributed by atoms with E-state index < -0.39 is 4.92 Å². The molecule has 0 fully saturated rings. The molecule has 0 saturated heterocycles. The summed E-state index contributed by atoms with van der Waals surface area (Å²) in [5.74, 6) is 0.530. The highest BCUT2D eigenvalue weighted by Crippen LogP contribution is 2.16. The number of nitrogens with zero attached hydrogens (tertiary/aromatic N) is 3. The fraction of sp³-hybridized carbons (Fsp3) is 0.200. The quantitative estimate of drug-likeness (QED) is 0.624. The van der Waals surface area contributed by atoms with Crippen molar-refractivity contribution >= 4 is 11.4 Å². The topological polar surface area (TPSA) is 94.1 Å². The average molecular weight is 234 g/mol. The Bertz CT molecular complexity index is 498. The van der Waals surface area contributed by atoms with E-state index in [-0.39, 0.29) is 5.69 Å². The van der Waals surface area contributed by atoms with Crippen LogP contribution in [0, 0.1) is 10.1 Å². The van der Waals surface area contributed by atoms with Crippen LogP contribution >= 0.6 is 0 Å². The summed E-state index contributed by atoms with van der Waals surface area (Å²) in [7, 11) is 0. The van der Waals surface area contributed by atoms with Crippen molar-refractivity contribution in [3.8, 4) is 0 Å². The van der Waals surface area contributed by atoms with Crippen LogP contribution in [0.5, 0.6) is 0 Å². The molecule has 2 rings (SSSR count). The van der Waals surface area contributed by atoms with Crippen LogP contribution in [0.3, 0.4) is 0 Å². The van der Waals surface area contributed by atoms with Gasteiger partial charge in [-0.3, -0.25) is 10.1 Å². The summed E-state index contributed by atoms with van der Waals surface area (Å²) in [6, 6.07) is 6.32. The predicted octanol–water partition coefficient (Wildman–Crippen LogP) is 1.63. The van der Waals surface area contributed by atoms with Crippen molar-refractivity contribution in [3.05, 3.63) is 46.6 Å². The van der Waals surface area contributed by atoms with Crippen LogP contribution in [0.25, 0.3) is 0 Å². The minimum absolute atomic E-state index is 0.0628. The molecule has 1 N–H and O–H groups in total. The van der Waals surface area contributed by atoms with Gasteiger partial charge < -0.3 is 9.84 Å². The van der Waals surface area contributed by atoms with Gasteiger partial charge in [0.2, 0.25) is 5.89 Å². The fourth-order valence-electron chi connectivity index (χ4n) is 1.35. The van der Waals surface area contributed by atoms with Gasteiger partial charge in [0, 0.05) is 30.8 Å². The van der Waals surface area contributed by atoms with Crippen LogP contribution in [-0.2, 0) is 6.42 Å². The van der Waals surface area contributed by atoms with Gasteiger partial charge in [-0.25, -0.2) is 0 Å². The molecule has 0 radical (unpaired) electrons. The summed E-state index contributed by atoms with van der Waals surface area (Å²) in [4.78, 5) is 14.0. The number of nitro groups is 1. The molecular formula is C10H10N4O3. The molecule has 0 aliphatic rings. The van der Waals surface area contributed by atoms with Crippen LogP contribution < -0.4 is 5.32 Å². The molecular weight excluding hydrogens is 224 g/mol. The fourth-order valence-corrected chi connectivity index (χ4v) is 1.35. The molecule has 0 aliphatic heterocycles. The zero-order valence-electron chi connectivity index (χ0n) is 8.87. The van der Waals surface area contributed by atoms with Gasteiger partial charge in [-0.15, -0.1) is 0 Å². The minimum Gasteiger partial charge on any atom is -0.384 e. The lowest BCUT2D eigenvalue weighted by Crippen LogP contribution is -2.05. The standard InChI is InChI=1S/C10H10N4O3/c15-14(16)9-3-1-2-8(6-9)11-5-4-10-12-7-13-17-10/h1-3,6-7,11H,4-5H2. The van der Waals surface area contributed by atoms with E-state index in [0.29, 0.717) is 24.5 Å². The maximum absolute atomic E-state index is 10.6. The smallest absolute Gasteiger partial charge is 0.271 e. The Kier molecular flexibility index (Phi) is 3.29. The lowest BCUT2D eigenvalue weighted by atomic mass is 10.3. The van der Waals surface area contributed by atoms with E-state index in [1.54, 1.807) is 12.1 Å². The number of hydrogen-bond acceptors (Lipinski definition) is 6. The van der Waals surface area contributed by atoms with Gasteiger partial charge >= 0.3 is 0 Å². The first-order valence-electron chi connectivity index (χ1n) is 4.99. The van der Waals surface area contributed by atoms with Crippen molar-refractivity contribution < 1.29 is 9.45 Å². The third kappa shape index (κ3) is 3.00. The molecule has 2 aromatic rings. The molecule has 1 aromatic heterocycles. The van der Waals surface area contributed by atoms with Gasteiger partial charge in [0.15, 0.2) is 6.33 Å². The van der Waals surface area contributed by atoms with E-state index >= 15 is 0 Å². The molecule has 0 spiro atoms. The van der Waals surface area contributed by atoms with Crippen molar-refractivity contribution in [3.63, 3.8) is 0 Å². The third-order valence-electron chi connectivity index (χ3n) is 2.13. The largest absolute Gasteiger partial charge is 0.384 e. The van der Waals surface area contributed by atoms with Crippen LogP contribution in [0.2, 0.25) is 0 Å². The summed E-state index contributed by atoms with van der Waals surface area (Å²) >= 11 is 0. The van der Waals surface area contributed by atoms with Crippen LogP contribution in [0.1, 0.15) is 5.89 Å². The zero-order chi connectivity index (χ0) is 12.1. The number of nitro benzene ring substituents is 1. The van der Waals surface area contributed by atoms with Gasteiger partial charge in [-0.1, -0.05) is 11.2 Å². The summed E-state index contributed by atoms with van der Waals surface area (Å²) in [6.07, 6.45) is 1.91. The Morgan fingerprint density at radius 2 is 2.35 bits per heavy atom. The van der Waals surface area contributed by atoms with Gasteiger partial charge in [0.05, 0.1) is 4.92 Å². The Labute approximate surface area is 96.6 Å². The Hall–Kier alpha value is -2.44. The number of aromatic nitrogens is 2. The second kappa shape index (κ2) is 5.06. The molecule has 88 valence electrons. The number of hydrogen-bond donors (Lipinski definition) is 1. The summed E-state index contributed by atoms with van der Waals surface area (Å²) in [5.41, 5.74) is 0.756. The first-order chi connectivity index (χ1) is 8.25. The van der Waals surface area contributed by atoms with Crippen LogP contribution in [-0.4, -0.2) is 21.6 Å². The average Bonchev–Trinajstić information content (AvgIpc) is 2.82. The normalized spacial score (nSPS) is 10.1. The first-order valence-corrected chi connectivity index (χ1v) is 4.99. The van der Waals surface area contributed by atoms with E-state index in [1.165, 1.54) is 18.5 Å². The lowest BCUT2D eigenvalue weighted by Gasteiger charge is -2.03. The molecule has 0 saturated carbocycles. The van der Waals surface area contributed by atoms with E-state index in [0.717, 1.165) is 0 Å². The molecule has 0 aliphatic carbocycles. The van der Waals surface area contributed by atoms with Gasteiger partial charge in [0.25, 0.3) is 5.69 Å². The summed E-state index contributed by atoms with van der Waals surface area (Å²) in [6.45, 7) is 0.573. The second-order valence-electron chi connectivity index (χ2n) is 3.32. The van der Waals surface area contributed by atoms with E-state index in [4.69, 9.17) is 4.52 Å². The van der Waals surface area contributed by atoms with Gasteiger partial charge in [-0.2, -0.15) is 4.98 Å². The number of non-ortho nitro benzene ring substituents is 1. The third-order valence-corrected chi connectivity index (χ3v) is 2.13. The summed E-state index contributed by atoms with van der Waals surface area (Å²) in [5, 5.41) is 17.1. The molecule has 7 nitrogen and oxygen atoms in total. The molecule has 0 atom stereocenters. The molecule has 1 aromatic carbocycles. The van der Waals surface area contributed by atoms with Crippen molar-refractivity contribution in [1.82, 2.24) is 10.1 Å². The van der Waals surface area contributed by atoms with Crippen LogP contribution in [0.15, 0.2) is 35.1 Å². The lowest BCUT2D eigenvalue weighted by molar-refractivity contribution is -0.384. The molecule has 17 heavy (non-hydrogen) atoms. The van der Waals surface area contributed by atoms with E-state index in [2.05, 4.69) is 15.5 Å². The molecule has 7 heteroatoms. The highest BCUT2D eigenvalue weighted by molar-refractivity contribution is 5.50. The van der Waals surface area contributed by atoms with E-state index in [1.807, 2.05) is 0 Å². The molecule has 0 amide bonds. The van der Waals surface area contributed by atoms with Crippen LogP contribution in [0.4, 0.5) is 11.4 Å². The monoisotopic (exact) mass is 234 g/mol. The van der Waals surface area contributed by atoms with Crippen molar-refractivity contribution in [2.45, 2.75) is 6.42 Å². The van der Waals surface area contributed by atoms with Crippen molar-refractivity contribution in [1.29, 1.82) is 0 Å². The Balaban J connectivity index is 1.90. The highest BCUT2D eigenvalue weighted by atomic mass is 16.6. The number of nitrogens with one attached hydrogen (secondary N) is 1. The number of rotatable bonds is 5. The second-order valence-corrected chi connectivity index (χ2v) is 3.32.